The molecule has 1 aliphatic carbocycles. The first-order chi connectivity index (χ1) is 12.6. The maximum Gasteiger partial charge on any atom is 0.293 e. The van der Waals surface area contributed by atoms with E-state index in [1.165, 1.54) is 23.3 Å². The highest BCUT2D eigenvalue weighted by Gasteiger charge is 2.27. The van der Waals surface area contributed by atoms with Crippen molar-refractivity contribution in [3.63, 3.8) is 0 Å². The zero-order chi connectivity index (χ0) is 17.8. The quantitative estimate of drug-likeness (QED) is 0.660. The van der Waals surface area contributed by atoms with Gasteiger partial charge in [0.05, 0.1) is 5.39 Å². The smallest absolute Gasteiger partial charge is 0.293 e. The summed E-state index contributed by atoms with van der Waals surface area (Å²) in [5.74, 6) is 1.48. The highest BCUT2D eigenvalue weighted by atomic mass is 32.1. The second-order valence-electron chi connectivity index (χ2n) is 7.98. The van der Waals surface area contributed by atoms with E-state index < -0.39 is 0 Å². The Hall–Kier alpha value is -2.02. The average molecular weight is 369 g/mol. The highest BCUT2D eigenvalue weighted by Crippen LogP contribution is 2.38. The van der Waals surface area contributed by atoms with Crippen molar-refractivity contribution in [2.45, 2.75) is 46.0 Å². The van der Waals surface area contributed by atoms with Crippen molar-refractivity contribution in [3.8, 4) is 0 Å². The third-order valence-corrected chi connectivity index (χ3v) is 6.96. The monoisotopic (exact) mass is 369 g/mol. The van der Waals surface area contributed by atoms with Crippen LogP contribution in [0, 0.1) is 11.8 Å². The summed E-state index contributed by atoms with van der Waals surface area (Å²) in [5, 5.41) is 5.58. The van der Waals surface area contributed by atoms with Crippen LogP contribution in [0.1, 0.15) is 54.2 Å². The molecule has 2 atom stereocenters. The van der Waals surface area contributed by atoms with E-state index in [2.05, 4.69) is 28.9 Å². The van der Waals surface area contributed by atoms with Gasteiger partial charge in [0.15, 0.2) is 5.65 Å². The molecular formula is C19H23N5OS. The SMILES string of the molecule is C[C@@H]1CCc2sc3ncn4nc(C(=O)N5CCC[C@H](C)C5)nc4c3c2C1. The van der Waals surface area contributed by atoms with Crippen molar-refractivity contribution in [2.75, 3.05) is 13.1 Å². The zero-order valence-corrected chi connectivity index (χ0v) is 16.1. The van der Waals surface area contributed by atoms with E-state index in [9.17, 15) is 4.79 Å². The molecule has 4 heterocycles. The van der Waals surface area contributed by atoms with Gasteiger partial charge in [-0.05, 0) is 49.5 Å². The minimum Gasteiger partial charge on any atom is -0.336 e. The van der Waals surface area contributed by atoms with E-state index >= 15 is 0 Å². The number of likely N-dealkylation sites (tertiary alicyclic amines) is 1. The molecule has 5 rings (SSSR count). The van der Waals surface area contributed by atoms with Gasteiger partial charge < -0.3 is 4.90 Å². The van der Waals surface area contributed by atoms with Crippen LogP contribution in [0.25, 0.3) is 15.9 Å². The molecule has 2 aliphatic rings. The molecule has 3 aromatic rings. The van der Waals surface area contributed by atoms with Crippen LogP contribution in [-0.2, 0) is 12.8 Å². The number of fused-ring (bicyclic) bond motifs is 5. The van der Waals surface area contributed by atoms with Crippen LogP contribution >= 0.6 is 11.3 Å². The number of hydrogen-bond acceptors (Lipinski definition) is 5. The lowest BCUT2D eigenvalue weighted by atomic mass is 9.89. The molecule has 3 aromatic heterocycles. The largest absolute Gasteiger partial charge is 0.336 e. The molecule has 0 N–H and O–H groups in total. The minimum absolute atomic E-state index is 0.0501. The van der Waals surface area contributed by atoms with Crippen LogP contribution in [0.15, 0.2) is 6.33 Å². The van der Waals surface area contributed by atoms with Crippen LogP contribution < -0.4 is 0 Å². The molecule has 0 unspecified atom stereocenters. The summed E-state index contributed by atoms with van der Waals surface area (Å²) >= 11 is 1.78. The predicted octanol–water partition coefficient (Wildman–Crippen LogP) is 3.34. The van der Waals surface area contributed by atoms with Crippen LogP contribution in [-0.4, -0.2) is 43.5 Å². The summed E-state index contributed by atoms with van der Waals surface area (Å²) in [6.07, 6.45) is 7.37. The third-order valence-electron chi connectivity index (χ3n) is 5.76. The Kier molecular flexibility index (Phi) is 3.74. The summed E-state index contributed by atoms with van der Waals surface area (Å²) in [6.45, 7) is 6.10. The Morgan fingerprint density at radius 1 is 1.27 bits per heavy atom. The molecule has 6 nitrogen and oxygen atoms in total. The van der Waals surface area contributed by atoms with Gasteiger partial charge in [-0.1, -0.05) is 13.8 Å². The Morgan fingerprint density at radius 2 is 2.15 bits per heavy atom. The van der Waals surface area contributed by atoms with Gasteiger partial charge in [-0.15, -0.1) is 16.4 Å². The number of thiophene rings is 1. The van der Waals surface area contributed by atoms with E-state index in [0.29, 0.717) is 17.7 Å². The number of aromatic nitrogens is 4. The van der Waals surface area contributed by atoms with E-state index in [1.807, 2.05) is 4.90 Å². The van der Waals surface area contributed by atoms with Crippen molar-refractivity contribution in [1.29, 1.82) is 0 Å². The third kappa shape index (κ3) is 2.52. The molecule has 0 radical (unpaired) electrons. The first-order valence-corrected chi connectivity index (χ1v) is 10.4. The number of nitrogens with zero attached hydrogens (tertiary/aromatic N) is 5. The molecule has 136 valence electrons. The van der Waals surface area contributed by atoms with Gasteiger partial charge in [0.25, 0.3) is 5.91 Å². The molecule has 7 heteroatoms. The topological polar surface area (TPSA) is 63.4 Å². The predicted molar refractivity (Wildman–Crippen MR) is 102 cm³/mol. The van der Waals surface area contributed by atoms with E-state index in [1.54, 1.807) is 22.2 Å². The van der Waals surface area contributed by atoms with Crippen molar-refractivity contribution < 1.29 is 4.79 Å². The van der Waals surface area contributed by atoms with Gasteiger partial charge in [-0.2, -0.15) is 0 Å². The first kappa shape index (κ1) is 16.2. The number of carbonyl (C=O) groups is 1. The van der Waals surface area contributed by atoms with Crippen molar-refractivity contribution >= 4 is 33.1 Å². The minimum atomic E-state index is -0.0501. The van der Waals surface area contributed by atoms with E-state index in [-0.39, 0.29) is 5.91 Å². The Morgan fingerprint density at radius 3 is 3.00 bits per heavy atom. The molecule has 0 aromatic carbocycles. The second kappa shape index (κ2) is 6.01. The molecule has 0 saturated carbocycles. The molecule has 1 fully saturated rings. The van der Waals surface area contributed by atoms with Crippen molar-refractivity contribution in [2.24, 2.45) is 11.8 Å². The number of carbonyl (C=O) groups excluding carboxylic acids is 1. The number of amides is 1. The molecule has 0 spiro atoms. The van der Waals surface area contributed by atoms with Crippen molar-refractivity contribution in [1.82, 2.24) is 24.5 Å². The lowest BCUT2D eigenvalue weighted by Gasteiger charge is -2.29. The van der Waals surface area contributed by atoms with E-state index in [4.69, 9.17) is 0 Å². The Labute approximate surface area is 156 Å². The maximum absolute atomic E-state index is 12.9. The summed E-state index contributed by atoms with van der Waals surface area (Å²) in [4.78, 5) is 26.5. The molecule has 26 heavy (non-hydrogen) atoms. The fraction of sp³-hybridized carbons (Fsp3) is 0.579. The number of piperidine rings is 1. The number of hydrogen-bond donors (Lipinski definition) is 0. The Balaban J connectivity index is 1.60. The van der Waals surface area contributed by atoms with Crippen LogP contribution in [0.4, 0.5) is 0 Å². The zero-order valence-electron chi connectivity index (χ0n) is 15.2. The summed E-state index contributed by atoms with van der Waals surface area (Å²) in [5.41, 5.74) is 2.16. The Bertz CT molecular complexity index is 1010. The molecule has 1 amide bonds. The molecule has 1 saturated heterocycles. The summed E-state index contributed by atoms with van der Waals surface area (Å²) < 4.78 is 1.69. The normalized spacial score (nSPS) is 23.5. The van der Waals surface area contributed by atoms with Crippen molar-refractivity contribution in [3.05, 3.63) is 22.6 Å². The summed E-state index contributed by atoms with van der Waals surface area (Å²) in [7, 11) is 0. The van der Waals surface area contributed by atoms with Gasteiger partial charge in [-0.3, -0.25) is 4.79 Å². The molecular weight excluding hydrogens is 346 g/mol. The number of rotatable bonds is 1. The van der Waals surface area contributed by atoms with Gasteiger partial charge >= 0.3 is 0 Å². The highest BCUT2D eigenvalue weighted by molar-refractivity contribution is 7.19. The maximum atomic E-state index is 12.9. The lowest BCUT2D eigenvalue weighted by Crippen LogP contribution is -2.39. The second-order valence-corrected chi connectivity index (χ2v) is 9.06. The molecule has 1 aliphatic heterocycles. The van der Waals surface area contributed by atoms with Gasteiger partial charge in [0.2, 0.25) is 5.82 Å². The van der Waals surface area contributed by atoms with Crippen LogP contribution in [0.2, 0.25) is 0 Å². The fourth-order valence-corrected chi connectivity index (χ4v) is 5.53. The number of aryl methyl sites for hydroxylation is 1. The van der Waals surface area contributed by atoms with Crippen LogP contribution in [0.3, 0.4) is 0 Å². The average Bonchev–Trinajstić information content (AvgIpc) is 3.21. The van der Waals surface area contributed by atoms with Gasteiger partial charge in [0.1, 0.15) is 11.2 Å². The van der Waals surface area contributed by atoms with Gasteiger partial charge in [0, 0.05) is 18.0 Å². The van der Waals surface area contributed by atoms with E-state index in [0.717, 1.165) is 48.2 Å². The lowest BCUT2D eigenvalue weighted by molar-refractivity contribution is 0.0671. The molecule has 0 bridgehead atoms. The fourth-order valence-electron chi connectivity index (χ4n) is 4.35. The standard InChI is InChI=1S/C19H23N5OS/c1-11-5-6-14-13(8-11)15-17-21-16(22-24(17)10-20-18(15)26-14)19(25)23-7-3-4-12(2)9-23/h10-12H,3-9H2,1-2H3/t11-,12+/m1/s1. The first-order valence-electron chi connectivity index (χ1n) is 9.55. The van der Waals surface area contributed by atoms with Gasteiger partial charge in [-0.25, -0.2) is 14.5 Å². The van der Waals surface area contributed by atoms with Crippen LogP contribution in [0.5, 0.6) is 0 Å². The summed E-state index contributed by atoms with van der Waals surface area (Å²) in [6, 6.07) is 0.